The van der Waals surface area contributed by atoms with Gasteiger partial charge >= 0.3 is 0 Å². The molecule has 1 aromatic rings. The maximum atomic E-state index is 11.8. The maximum Gasteiger partial charge on any atom is 0.237 e. The number of hydrogen-bond donors (Lipinski definition) is 2. The van der Waals surface area contributed by atoms with Crippen molar-refractivity contribution in [3.05, 3.63) is 24.2 Å². The van der Waals surface area contributed by atoms with Crippen molar-refractivity contribution in [2.75, 3.05) is 13.1 Å². The Hall–Kier alpha value is -1.33. The van der Waals surface area contributed by atoms with Crippen molar-refractivity contribution in [1.29, 1.82) is 0 Å². The van der Waals surface area contributed by atoms with Gasteiger partial charge in [0.2, 0.25) is 5.91 Å². The fourth-order valence-electron chi connectivity index (χ4n) is 2.06. The van der Waals surface area contributed by atoms with Crippen molar-refractivity contribution >= 4 is 5.91 Å². The van der Waals surface area contributed by atoms with Gasteiger partial charge in [0.1, 0.15) is 5.76 Å². The molecular weight excluding hydrogens is 218 g/mol. The van der Waals surface area contributed by atoms with E-state index in [0.29, 0.717) is 6.54 Å². The standard InChI is InChI=1S/C12H19N3O2/c1-9(15-7-12(2,13)8-15)11(16)14-6-10-4-3-5-17-10/h3-5,9H,6-8,13H2,1-2H3,(H,14,16). The Morgan fingerprint density at radius 3 is 2.94 bits per heavy atom. The predicted octanol–water partition coefficient (Wildman–Crippen LogP) is 0.317. The Morgan fingerprint density at radius 2 is 2.41 bits per heavy atom. The molecule has 1 fully saturated rings. The molecule has 2 heterocycles. The number of carbonyl (C=O) groups is 1. The number of hydrogen-bond acceptors (Lipinski definition) is 4. The molecular formula is C12H19N3O2. The number of nitrogens with one attached hydrogen (secondary N) is 1. The molecule has 0 bridgehead atoms. The first-order valence-corrected chi connectivity index (χ1v) is 5.81. The summed E-state index contributed by atoms with van der Waals surface area (Å²) in [7, 11) is 0. The van der Waals surface area contributed by atoms with Gasteiger partial charge < -0.3 is 15.5 Å². The van der Waals surface area contributed by atoms with E-state index in [1.165, 1.54) is 0 Å². The highest BCUT2D eigenvalue weighted by Crippen LogP contribution is 2.19. The van der Waals surface area contributed by atoms with E-state index in [1.807, 2.05) is 19.9 Å². The van der Waals surface area contributed by atoms with Crippen LogP contribution in [-0.2, 0) is 11.3 Å². The van der Waals surface area contributed by atoms with Crippen LogP contribution in [0.1, 0.15) is 19.6 Å². The van der Waals surface area contributed by atoms with E-state index in [-0.39, 0.29) is 17.5 Å². The van der Waals surface area contributed by atoms with E-state index in [2.05, 4.69) is 10.2 Å². The average molecular weight is 237 g/mol. The molecule has 94 valence electrons. The lowest BCUT2D eigenvalue weighted by molar-refractivity contribution is -0.128. The third-order valence-corrected chi connectivity index (χ3v) is 3.07. The molecule has 5 heteroatoms. The SMILES string of the molecule is CC(C(=O)NCc1ccco1)N1CC(C)(N)C1. The Bertz CT molecular complexity index is 378. The molecule has 0 saturated carbocycles. The molecule has 1 aliphatic heterocycles. The lowest BCUT2D eigenvalue weighted by Gasteiger charge is -2.47. The number of rotatable bonds is 4. The highest BCUT2D eigenvalue weighted by atomic mass is 16.3. The van der Waals surface area contributed by atoms with Crippen LogP contribution in [0.15, 0.2) is 22.8 Å². The van der Waals surface area contributed by atoms with E-state index in [9.17, 15) is 4.79 Å². The topological polar surface area (TPSA) is 71.5 Å². The first-order valence-electron chi connectivity index (χ1n) is 5.81. The molecule has 1 saturated heterocycles. The molecule has 1 aromatic heterocycles. The summed E-state index contributed by atoms with van der Waals surface area (Å²) in [6.07, 6.45) is 1.60. The summed E-state index contributed by atoms with van der Waals surface area (Å²) in [6.45, 7) is 5.86. The number of furan rings is 1. The third kappa shape index (κ3) is 2.87. The Balaban J connectivity index is 1.76. The summed E-state index contributed by atoms with van der Waals surface area (Å²) in [5.41, 5.74) is 5.77. The first-order chi connectivity index (χ1) is 7.98. The van der Waals surface area contributed by atoms with Crippen molar-refractivity contribution in [1.82, 2.24) is 10.2 Å². The number of amides is 1. The minimum Gasteiger partial charge on any atom is -0.467 e. The predicted molar refractivity (Wildman–Crippen MR) is 64.2 cm³/mol. The van der Waals surface area contributed by atoms with Crippen molar-refractivity contribution in [3.8, 4) is 0 Å². The van der Waals surface area contributed by atoms with Gasteiger partial charge in [0.05, 0.1) is 18.8 Å². The van der Waals surface area contributed by atoms with Gasteiger partial charge in [0, 0.05) is 18.6 Å². The van der Waals surface area contributed by atoms with Gasteiger partial charge in [0.15, 0.2) is 0 Å². The zero-order chi connectivity index (χ0) is 12.5. The molecule has 17 heavy (non-hydrogen) atoms. The lowest BCUT2D eigenvalue weighted by atomic mass is 9.92. The van der Waals surface area contributed by atoms with Crippen LogP contribution < -0.4 is 11.1 Å². The van der Waals surface area contributed by atoms with Gasteiger partial charge in [-0.2, -0.15) is 0 Å². The summed E-state index contributed by atoms with van der Waals surface area (Å²) in [6, 6.07) is 3.51. The van der Waals surface area contributed by atoms with Crippen molar-refractivity contribution in [2.45, 2.75) is 32.0 Å². The smallest absolute Gasteiger partial charge is 0.237 e. The minimum absolute atomic E-state index is 0.0110. The zero-order valence-corrected chi connectivity index (χ0v) is 10.3. The highest BCUT2D eigenvalue weighted by molar-refractivity contribution is 5.81. The summed E-state index contributed by atoms with van der Waals surface area (Å²) >= 11 is 0. The van der Waals surface area contributed by atoms with Gasteiger partial charge in [-0.15, -0.1) is 0 Å². The van der Waals surface area contributed by atoms with Crippen LogP contribution in [0.5, 0.6) is 0 Å². The quantitative estimate of drug-likeness (QED) is 0.791. The normalized spacial score (nSPS) is 20.6. The molecule has 1 aliphatic rings. The molecule has 1 atom stereocenters. The fourth-order valence-corrected chi connectivity index (χ4v) is 2.06. The van der Waals surface area contributed by atoms with Gasteiger partial charge in [0.25, 0.3) is 0 Å². The van der Waals surface area contributed by atoms with Crippen molar-refractivity contribution in [2.24, 2.45) is 5.73 Å². The van der Waals surface area contributed by atoms with Crippen LogP contribution in [-0.4, -0.2) is 35.5 Å². The molecule has 1 unspecified atom stereocenters. The maximum absolute atomic E-state index is 11.8. The highest BCUT2D eigenvalue weighted by Gasteiger charge is 2.39. The minimum atomic E-state index is -0.143. The van der Waals surface area contributed by atoms with Gasteiger partial charge in [-0.25, -0.2) is 0 Å². The molecule has 0 aromatic carbocycles. The van der Waals surface area contributed by atoms with Crippen LogP contribution in [0.4, 0.5) is 0 Å². The summed E-state index contributed by atoms with van der Waals surface area (Å²) in [5, 5.41) is 2.85. The Kier molecular flexibility index (Phi) is 3.22. The lowest BCUT2D eigenvalue weighted by Crippen LogP contribution is -2.69. The zero-order valence-electron chi connectivity index (χ0n) is 10.3. The van der Waals surface area contributed by atoms with Crippen LogP contribution in [0.3, 0.4) is 0 Å². The molecule has 1 amide bonds. The average Bonchev–Trinajstić information content (AvgIpc) is 2.74. The number of nitrogens with zero attached hydrogens (tertiary/aromatic N) is 1. The van der Waals surface area contributed by atoms with Crippen LogP contribution in [0.25, 0.3) is 0 Å². The van der Waals surface area contributed by atoms with E-state index in [1.54, 1.807) is 12.3 Å². The Labute approximate surface area is 101 Å². The summed E-state index contributed by atoms with van der Waals surface area (Å²) in [5.74, 6) is 0.773. The van der Waals surface area contributed by atoms with Gasteiger partial charge in [-0.05, 0) is 26.0 Å². The van der Waals surface area contributed by atoms with Crippen LogP contribution in [0, 0.1) is 0 Å². The van der Waals surface area contributed by atoms with Crippen LogP contribution >= 0.6 is 0 Å². The van der Waals surface area contributed by atoms with E-state index < -0.39 is 0 Å². The number of carbonyl (C=O) groups excluding carboxylic acids is 1. The third-order valence-electron chi connectivity index (χ3n) is 3.07. The van der Waals surface area contributed by atoms with Crippen molar-refractivity contribution < 1.29 is 9.21 Å². The fraction of sp³-hybridized carbons (Fsp3) is 0.583. The van der Waals surface area contributed by atoms with Gasteiger partial charge in [-0.1, -0.05) is 0 Å². The largest absolute Gasteiger partial charge is 0.467 e. The van der Waals surface area contributed by atoms with E-state index >= 15 is 0 Å². The van der Waals surface area contributed by atoms with E-state index in [0.717, 1.165) is 18.8 Å². The van der Waals surface area contributed by atoms with Crippen molar-refractivity contribution in [3.63, 3.8) is 0 Å². The number of nitrogens with two attached hydrogens (primary N) is 1. The molecule has 5 nitrogen and oxygen atoms in total. The molecule has 0 spiro atoms. The molecule has 3 N–H and O–H groups in total. The Morgan fingerprint density at radius 1 is 1.71 bits per heavy atom. The summed E-state index contributed by atoms with van der Waals surface area (Å²) < 4.78 is 5.15. The van der Waals surface area contributed by atoms with Crippen LogP contribution in [0.2, 0.25) is 0 Å². The molecule has 0 radical (unpaired) electrons. The second kappa shape index (κ2) is 4.50. The van der Waals surface area contributed by atoms with Gasteiger partial charge in [-0.3, -0.25) is 9.69 Å². The molecule has 0 aliphatic carbocycles. The second-order valence-corrected chi connectivity index (χ2v) is 5.03. The molecule has 2 rings (SSSR count). The second-order valence-electron chi connectivity index (χ2n) is 5.03. The monoisotopic (exact) mass is 237 g/mol. The van der Waals surface area contributed by atoms with E-state index in [4.69, 9.17) is 10.2 Å². The number of likely N-dealkylation sites (tertiary alicyclic amines) is 1. The first kappa shape index (κ1) is 12.1. The summed E-state index contributed by atoms with van der Waals surface area (Å²) in [4.78, 5) is 13.9.